The van der Waals surface area contributed by atoms with Crippen LogP contribution in [0.2, 0.25) is 0 Å². The minimum atomic E-state index is 0.0509. The average molecular weight is 409 g/mol. The van der Waals surface area contributed by atoms with Crippen LogP contribution in [0.25, 0.3) is 16.9 Å². The first kappa shape index (κ1) is 18.3. The number of nitrogens with zero attached hydrogens (tertiary/aromatic N) is 3. The summed E-state index contributed by atoms with van der Waals surface area (Å²) in [7, 11) is 0. The third-order valence-corrected chi connectivity index (χ3v) is 5.78. The molecule has 0 aliphatic rings. The Hall–Kier alpha value is -3.70. The summed E-state index contributed by atoms with van der Waals surface area (Å²) < 4.78 is 1.99. The minimum absolute atomic E-state index is 0.0509. The van der Waals surface area contributed by atoms with E-state index in [2.05, 4.69) is 88.5 Å². The van der Waals surface area contributed by atoms with Crippen molar-refractivity contribution < 1.29 is 0 Å². The summed E-state index contributed by atoms with van der Waals surface area (Å²) in [6.45, 7) is 0. The van der Waals surface area contributed by atoms with Crippen LogP contribution in [0.3, 0.4) is 0 Å². The Balaban J connectivity index is 1.40. The Morgan fingerprint density at radius 3 is 2.07 bits per heavy atom. The molecule has 0 spiro atoms. The zero-order chi connectivity index (χ0) is 20.2. The maximum atomic E-state index is 4.85. The van der Waals surface area contributed by atoms with E-state index in [4.69, 9.17) is 4.98 Å². The van der Waals surface area contributed by atoms with E-state index in [0.29, 0.717) is 0 Å². The van der Waals surface area contributed by atoms with Gasteiger partial charge in [-0.3, -0.25) is 0 Å². The molecule has 146 valence electrons. The van der Waals surface area contributed by atoms with Gasteiger partial charge >= 0.3 is 0 Å². The topological polar surface area (TPSA) is 42.7 Å². The van der Waals surface area contributed by atoms with E-state index < -0.39 is 0 Å². The quantitative estimate of drug-likeness (QED) is 0.364. The van der Waals surface area contributed by atoms with E-state index in [1.165, 1.54) is 11.1 Å². The molecule has 0 radical (unpaired) electrons. The van der Waals surface area contributed by atoms with E-state index in [0.717, 1.165) is 22.1 Å². The van der Waals surface area contributed by atoms with Gasteiger partial charge in [-0.2, -0.15) is 0 Å². The van der Waals surface area contributed by atoms with Crippen molar-refractivity contribution in [2.75, 3.05) is 5.32 Å². The molecule has 30 heavy (non-hydrogen) atoms. The zero-order valence-corrected chi connectivity index (χ0v) is 17.0. The van der Waals surface area contributed by atoms with E-state index >= 15 is 0 Å². The number of anilines is 1. The summed E-state index contributed by atoms with van der Waals surface area (Å²) in [5.41, 5.74) is 5.58. The van der Waals surface area contributed by atoms with Crippen molar-refractivity contribution in [3.05, 3.63) is 120 Å². The van der Waals surface area contributed by atoms with E-state index in [-0.39, 0.29) is 6.04 Å². The van der Waals surface area contributed by atoms with Gasteiger partial charge in [-0.05, 0) is 23.3 Å². The molecule has 1 N–H and O–H groups in total. The average Bonchev–Trinajstić information content (AvgIpc) is 3.51. The third-order valence-electron chi connectivity index (χ3n) is 5.00. The Kier molecular flexibility index (Phi) is 5.10. The van der Waals surface area contributed by atoms with E-state index in [1.807, 2.05) is 22.9 Å². The number of hydrogen-bond acceptors (Lipinski definition) is 4. The summed E-state index contributed by atoms with van der Waals surface area (Å²) in [6, 6.07) is 29.4. The molecule has 0 fully saturated rings. The molecule has 5 heteroatoms. The van der Waals surface area contributed by atoms with Crippen molar-refractivity contribution >= 4 is 16.5 Å². The van der Waals surface area contributed by atoms with Gasteiger partial charge in [-0.25, -0.2) is 9.97 Å². The molecule has 4 nitrogen and oxygen atoms in total. The highest BCUT2D eigenvalue weighted by atomic mass is 32.1. The standard InChI is InChI=1S/C25H20N4S/c1-3-7-20(8-4-1)24(21-9-5-2-6-10-21)28-25-27-23(17-30-25)19-11-13-22(14-12-19)29-16-15-26-18-29/h1-18,24H,(H,27,28). The predicted molar refractivity (Wildman–Crippen MR) is 123 cm³/mol. The molecular weight excluding hydrogens is 388 g/mol. The molecule has 0 saturated heterocycles. The summed E-state index contributed by atoms with van der Waals surface area (Å²) in [5.74, 6) is 0. The number of nitrogens with one attached hydrogen (secondary N) is 1. The Bertz CT molecular complexity index is 1160. The number of imidazole rings is 1. The zero-order valence-electron chi connectivity index (χ0n) is 16.2. The Morgan fingerprint density at radius 1 is 0.800 bits per heavy atom. The molecule has 0 saturated carbocycles. The van der Waals surface area contributed by atoms with Gasteiger partial charge in [0, 0.05) is 29.0 Å². The largest absolute Gasteiger partial charge is 0.351 e. The highest BCUT2D eigenvalue weighted by Crippen LogP contribution is 2.31. The summed E-state index contributed by atoms with van der Waals surface area (Å²) in [6.07, 6.45) is 5.52. The van der Waals surface area contributed by atoms with Gasteiger partial charge in [0.2, 0.25) is 0 Å². The van der Waals surface area contributed by atoms with Crippen LogP contribution in [0.1, 0.15) is 17.2 Å². The normalized spacial score (nSPS) is 11.0. The minimum Gasteiger partial charge on any atom is -0.351 e. The van der Waals surface area contributed by atoms with E-state index in [1.54, 1.807) is 23.9 Å². The van der Waals surface area contributed by atoms with Crippen molar-refractivity contribution in [3.63, 3.8) is 0 Å². The number of benzene rings is 3. The number of hydrogen-bond donors (Lipinski definition) is 1. The maximum absolute atomic E-state index is 4.85. The summed E-state index contributed by atoms with van der Waals surface area (Å²) in [5, 5.41) is 6.63. The molecule has 5 rings (SSSR count). The van der Waals surface area contributed by atoms with Crippen molar-refractivity contribution in [3.8, 4) is 16.9 Å². The van der Waals surface area contributed by atoms with Gasteiger partial charge in [-0.1, -0.05) is 72.8 Å². The summed E-state index contributed by atoms with van der Waals surface area (Å²) >= 11 is 1.63. The number of aromatic nitrogens is 3. The smallest absolute Gasteiger partial charge is 0.183 e. The van der Waals surface area contributed by atoms with Gasteiger partial charge in [-0.15, -0.1) is 11.3 Å². The fourth-order valence-corrected chi connectivity index (χ4v) is 4.21. The van der Waals surface area contributed by atoms with Crippen LogP contribution in [0, 0.1) is 0 Å². The molecule has 2 aromatic heterocycles. The second-order valence-corrected chi connectivity index (χ2v) is 7.81. The van der Waals surface area contributed by atoms with Crippen LogP contribution in [0.5, 0.6) is 0 Å². The van der Waals surface area contributed by atoms with Crippen LogP contribution in [0.15, 0.2) is 109 Å². The predicted octanol–water partition coefficient (Wildman–Crippen LogP) is 6.20. The number of rotatable bonds is 6. The van der Waals surface area contributed by atoms with Crippen molar-refractivity contribution in [2.24, 2.45) is 0 Å². The van der Waals surface area contributed by atoms with Gasteiger partial charge in [0.05, 0.1) is 18.1 Å². The maximum Gasteiger partial charge on any atom is 0.183 e. The highest BCUT2D eigenvalue weighted by molar-refractivity contribution is 7.14. The van der Waals surface area contributed by atoms with Gasteiger partial charge < -0.3 is 9.88 Å². The number of thiazole rings is 1. The molecule has 0 aliphatic carbocycles. The summed E-state index contributed by atoms with van der Waals surface area (Å²) in [4.78, 5) is 8.96. The molecule has 0 bridgehead atoms. The first-order chi connectivity index (χ1) is 14.9. The first-order valence-corrected chi connectivity index (χ1v) is 10.7. The molecule has 0 unspecified atom stereocenters. The lowest BCUT2D eigenvalue weighted by molar-refractivity contribution is 0.935. The van der Waals surface area contributed by atoms with Crippen LogP contribution >= 0.6 is 11.3 Å². The molecule has 3 aromatic carbocycles. The fourth-order valence-electron chi connectivity index (χ4n) is 3.46. The molecule has 0 atom stereocenters. The van der Waals surface area contributed by atoms with E-state index in [9.17, 15) is 0 Å². The Morgan fingerprint density at radius 2 is 1.47 bits per heavy atom. The molecule has 2 heterocycles. The van der Waals surface area contributed by atoms with Crippen LogP contribution in [-0.2, 0) is 0 Å². The van der Waals surface area contributed by atoms with Gasteiger partial charge in [0.15, 0.2) is 5.13 Å². The van der Waals surface area contributed by atoms with Crippen LogP contribution in [0.4, 0.5) is 5.13 Å². The van der Waals surface area contributed by atoms with Crippen molar-refractivity contribution in [1.29, 1.82) is 0 Å². The Labute approximate surface area is 179 Å². The molecule has 0 amide bonds. The lowest BCUT2D eigenvalue weighted by Crippen LogP contribution is -2.12. The van der Waals surface area contributed by atoms with Crippen molar-refractivity contribution in [2.45, 2.75) is 6.04 Å². The van der Waals surface area contributed by atoms with Crippen LogP contribution < -0.4 is 5.32 Å². The highest BCUT2D eigenvalue weighted by Gasteiger charge is 2.15. The first-order valence-electron chi connectivity index (χ1n) is 9.77. The fraction of sp³-hybridized carbons (Fsp3) is 0.0400. The second kappa shape index (κ2) is 8.35. The lowest BCUT2D eigenvalue weighted by Gasteiger charge is -2.19. The van der Waals surface area contributed by atoms with Crippen molar-refractivity contribution in [1.82, 2.24) is 14.5 Å². The lowest BCUT2D eigenvalue weighted by atomic mass is 9.99. The SMILES string of the molecule is c1ccc(C(Nc2nc(-c3ccc(-n4ccnc4)cc3)cs2)c2ccccc2)cc1. The van der Waals surface area contributed by atoms with Crippen LogP contribution in [-0.4, -0.2) is 14.5 Å². The molecule has 5 aromatic rings. The monoisotopic (exact) mass is 408 g/mol. The van der Waals surface area contributed by atoms with Gasteiger partial charge in [0.1, 0.15) is 0 Å². The second-order valence-electron chi connectivity index (χ2n) is 6.95. The molecular formula is C25H20N4S. The molecule has 0 aliphatic heterocycles. The van der Waals surface area contributed by atoms with Gasteiger partial charge in [0.25, 0.3) is 0 Å². The third kappa shape index (κ3) is 3.88.